The van der Waals surface area contributed by atoms with Crippen LogP contribution in [0.25, 0.3) is 0 Å². The topological polar surface area (TPSA) is 63.8 Å². The molecule has 0 amide bonds. The third-order valence-electron chi connectivity index (χ3n) is 3.93. The third-order valence-corrected chi connectivity index (χ3v) is 3.93. The summed E-state index contributed by atoms with van der Waals surface area (Å²) in [4.78, 5) is 8.16. The van der Waals surface area contributed by atoms with E-state index in [1.54, 1.807) is 0 Å². The van der Waals surface area contributed by atoms with Crippen molar-refractivity contribution < 1.29 is 0 Å². The van der Waals surface area contributed by atoms with E-state index >= 15 is 0 Å². The van der Waals surface area contributed by atoms with Crippen molar-refractivity contribution in [3.05, 3.63) is 59.7 Å². The van der Waals surface area contributed by atoms with E-state index in [2.05, 4.69) is 39.7 Å². The Bertz CT molecular complexity index is 537. The fourth-order valence-corrected chi connectivity index (χ4v) is 2.69. The van der Waals surface area contributed by atoms with Crippen LogP contribution in [0.2, 0.25) is 0 Å². The van der Waals surface area contributed by atoms with Crippen LogP contribution in [0.15, 0.2) is 43.0 Å². The highest BCUT2D eigenvalue weighted by Crippen LogP contribution is 2.40. The molecule has 1 fully saturated rings. The first-order valence-corrected chi connectivity index (χ1v) is 6.70. The van der Waals surface area contributed by atoms with Gasteiger partial charge in [0.05, 0.1) is 6.04 Å². The Morgan fingerprint density at radius 3 is 2.53 bits per heavy atom. The van der Waals surface area contributed by atoms with E-state index in [1.807, 2.05) is 12.4 Å². The summed E-state index contributed by atoms with van der Waals surface area (Å²) in [6, 6.07) is 8.48. The zero-order valence-electron chi connectivity index (χ0n) is 10.8. The molecule has 4 nitrogen and oxygen atoms in total. The van der Waals surface area contributed by atoms with E-state index in [4.69, 9.17) is 5.84 Å². The first-order chi connectivity index (χ1) is 9.40. The summed E-state index contributed by atoms with van der Waals surface area (Å²) >= 11 is 0. The average Bonchev–Trinajstić information content (AvgIpc) is 2.41. The zero-order chi connectivity index (χ0) is 13.1. The van der Waals surface area contributed by atoms with Crippen molar-refractivity contribution in [3.63, 3.8) is 0 Å². The van der Waals surface area contributed by atoms with Crippen molar-refractivity contribution in [2.24, 2.45) is 5.84 Å². The van der Waals surface area contributed by atoms with Crippen molar-refractivity contribution >= 4 is 0 Å². The SMILES string of the molecule is NNC(c1cncnc1)c1ccccc1C1CCC1. The van der Waals surface area contributed by atoms with E-state index in [1.165, 1.54) is 36.7 Å². The van der Waals surface area contributed by atoms with Gasteiger partial charge in [-0.3, -0.25) is 5.84 Å². The molecule has 3 N–H and O–H groups in total. The van der Waals surface area contributed by atoms with Gasteiger partial charge in [-0.15, -0.1) is 0 Å². The Morgan fingerprint density at radius 2 is 1.89 bits per heavy atom. The Morgan fingerprint density at radius 1 is 1.16 bits per heavy atom. The fourth-order valence-electron chi connectivity index (χ4n) is 2.69. The minimum atomic E-state index is -0.0435. The minimum absolute atomic E-state index is 0.0435. The molecule has 0 bridgehead atoms. The molecule has 3 rings (SSSR count). The minimum Gasteiger partial charge on any atom is -0.271 e. The second-order valence-corrected chi connectivity index (χ2v) is 5.03. The number of aromatic nitrogens is 2. The van der Waals surface area contributed by atoms with Gasteiger partial charge < -0.3 is 0 Å². The summed E-state index contributed by atoms with van der Waals surface area (Å²) in [5, 5.41) is 0. The maximum absolute atomic E-state index is 5.76. The van der Waals surface area contributed by atoms with Gasteiger partial charge in [-0.2, -0.15) is 0 Å². The van der Waals surface area contributed by atoms with Crippen LogP contribution in [-0.4, -0.2) is 9.97 Å². The highest BCUT2D eigenvalue weighted by molar-refractivity contribution is 5.38. The number of nitrogens with zero attached hydrogens (tertiary/aromatic N) is 2. The molecule has 0 aliphatic heterocycles. The van der Waals surface area contributed by atoms with Gasteiger partial charge in [0.15, 0.2) is 0 Å². The Balaban J connectivity index is 1.99. The summed E-state index contributed by atoms with van der Waals surface area (Å²) < 4.78 is 0. The van der Waals surface area contributed by atoms with Crippen molar-refractivity contribution in [1.29, 1.82) is 0 Å². The molecule has 0 radical (unpaired) electrons. The number of hydrogen-bond acceptors (Lipinski definition) is 4. The molecule has 1 atom stereocenters. The van der Waals surface area contributed by atoms with Crippen LogP contribution in [0.4, 0.5) is 0 Å². The van der Waals surface area contributed by atoms with Crippen LogP contribution in [0, 0.1) is 0 Å². The lowest BCUT2D eigenvalue weighted by atomic mass is 9.77. The van der Waals surface area contributed by atoms with E-state index in [-0.39, 0.29) is 6.04 Å². The molecule has 0 saturated heterocycles. The molecule has 1 unspecified atom stereocenters. The van der Waals surface area contributed by atoms with Crippen LogP contribution >= 0.6 is 0 Å². The van der Waals surface area contributed by atoms with Gasteiger partial charge in [0.2, 0.25) is 0 Å². The number of nitrogens with two attached hydrogens (primary N) is 1. The largest absolute Gasteiger partial charge is 0.271 e. The van der Waals surface area contributed by atoms with Gasteiger partial charge >= 0.3 is 0 Å². The molecule has 1 saturated carbocycles. The number of benzene rings is 1. The lowest BCUT2D eigenvalue weighted by Crippen LogP contribution is -2.30. The first kappa shape index (κ1) is 12.3. The predicted molar refractivity (Wildman–Crippen MR) is 74.2 cm³/mol. The van der Waals surface area contributed by atoms with E-state index in [0.29, 0.717) is 5.92 Å². The smallest absolute Gasteiger partial charge is 0.115 e. The fraction of sp³-hybridized carbons (Fsp3) is 0.333. The van der Waals surface area contributed by atoms with Crippen LogP contribution in [-0.2, 0) is 0 Å². The van der Waals surface area contributed by atoms with E-state index in [9.17, 15) is 0 Å². The molecular weight excluding hydrogens is 236 g/mol. The highest BCUT2D eigenvalue weighted by atomic mass is 15.2. The van der Waals surface area contributed by atoms with Crippen molar-refractivity contribution in [2.75, 3.05) is 0 Å². The molecule has 4 heteroatoms. The number of rotatable bonds is 4. The Hall–Kier alpha value is -1.78. The first-order valence-electron chi connectivity index (χ1n) is 6.70. The second-order valence-electron chi connectivity index (χ2n) is 5.03. The molecule has 1 aliphatic rings. The summed E-state index contributed by atoms with van der Waals surface area (Å²) in [6.07, 6.45) is 9.05. The van der Waals surface area contributed by atoms with Gasteiger partial charge in [0.1, 0.15) is 6.33 Å². The van der Waals surface area contributed by atoms with E-state index < -0.39 is 0 Å². The normalized spacial score (nSPS) is 16.9. The Labute approximate surface area is 113 Å². The molecule has 98 valence electrons. The van der Waals surface area contributed by atoms with Crippen molar-refractivity contribution in [3.8, 4) is 0 Å². The number of hydrazine groups is 1. The summed E-state index contributed by atoms with van der Waals surface area (Å²) in [6.45, 7) is 0. The molecule has 1 heterocycles. The molecular formula is C15H18N4. The van der Waals surface area contributed by atoms with Gasteiger partial charge in [0, 0.05) is 18.0 Å². The van der Waals surface area contributed by atoms with Crippen LogP contribution in [0.5, 0.6) is 0 Å². The lowest BCUT2D eigenvalue weighted by Gasteiger charge is -2.30. The second kappa shape index (κ2) is 5.47. The van der Waals surface area contributed by atoms with Crippen LogP contribution in [0.1, 0.15) is 47.9 Å². The summed E-state index contributed by atoms with van der Waals surface area (Å²) in [7, 11) is 0. The van der Waals surface area contributed by atoms with Crippen LogP contribution in [0.3, 0.4) is 0 Å². The zero-order valence-corrected chi connectivity index (χ0v) is 10.8. The third kappa shape index (κ3) is 2.37. The quantitative estimate of drug-likeness (QED) is 0.649. The van der Waals surface area contributed by atoms with Crippen molar-refractivity contribution in [2.45, 2.75) is 31.2 Å². The maximum Gasteiger partial charge on any atom is 0.115 e. The summed E-state index contributed by atoms with van der Waals surface area (Å²) in [5.74, 6) is 6.44. The van der Waals surface area contributed by atoms with E-state index in [0.717, 1.165) is 5.56 Å². The summed E-state index contributed by atoms with van der Waals surface area (Å²) in [5.41, 5.74) is 6.54. The molecule has 1 aliphatic carbocycles. The van der Waals surface area contributed by atoms with Gasteiger partial charge in [-0.05, 0) is 29.9 Å². The van der Waals surface area contributed by atoms with Crippen LogP contribution < -0.4 is 11.3 Å². The van der Waals surface area contributed by atoms with Gasteiger partial charge in [-0.25, -0.2) is 15.4 Å². The molecule has 1 aromatic heterocycles. The molecule has 1 aromatic carbocycles. The van der Waals surface area contributed by atoms with Gasteiger partial charge in [0.25, 0.3) is 0 Å². The molecule has 19 heavy (non-hydrogen) atoms. The number of nitrogens with one attached hydrogen (secondary N) is 1. The average molecular weight is 254 g/mol. The monoisotopic (exact) mass is 254 g/mol. The number of hydrogen-bond donors (Lipinski definition) is 2. The molecule has 2 aromatic rings. The predicted octanol–water partition coefficient (Wildman–Crippen LogP) is 2.30. The van der Waals surface area contributed by atoms with Crippen molar-refractivity contribution in [1.82, 2.24) is 15.4 Å². The standard InChI is InChI=1S/C15H18N4/c16-19-15(12-8-17-10-18-9-12)14-7-2-1-6-13(14)11-4-3-5-11/h1-2,6-11,15,19H,3-5,16H2. The molecule has 0 spiro atoms. The lowest BCUT2D eigenvalue weighted by molar-refractivity contribution is 0.414. The Kier molecular flexibility index (Phi) is 3.53. The maximum atomic E-state index is 5.76. The van der Waals surface area contributed by atoms with Gasteiger partial charge in [-0.1, -0.05) is 30.7 Å². The highest BCUT2D eigenvalue weighted by Gasteiger charge is 2.25.